The molecule has 17 nitrogen and oxygen atoms in total. The summed E-state index contributed by atoms with van der Waals surface area (Å²) in [6, 6.07) is 0. The van der Waals surface area contributed by atoms with Crippen LogP contribution in [0.4, 0.5) is 0 Å². The van der Waals surface area contributed by atoms with E-state index in [1.165, 1.54) is 19.4 Å². The monoisotopic (exact) mass is 882 g/mol. The first-order valence-corrected chi connectivity index (χ1v) is 22.9. The molecule has 22 unspecified atom stereocenters. The van der Waals surface area contributed by atoms with Gasteiger partial charge in [-0.2, -0.15) is 0 Å². The minimum atomic E-state index is -1.68. The van der Waals surface area contributed by atoms with Gasteiger partial charge in [-0.15, -0.1) is 0 Å². The summed E-state index contributed by atoms with van der Waals surface area (Å²) >= 11 is 0. The molecule has 4 aliphatic carbocycles. The Balaban J connectivity index is 0.886. The van der Waals surface area contributed by atoms with Crippen molar-refractivity contribution in [3.05, 3.63) is 11.6 Å². The smallest absolute Gasteiger partial charge is 0.308 e. The van der Waals surface area contributed by atoms with E-state index in [1.54, 1.807) is 0 Å². The minimum Gasteiger partial charge on any atom is -0.481 e. The molecule has 4 aliphatic heterocycles. The summed E-state index contributed by atoms with van der Waals surface area (Å²) in [7, 11) is 0. The Morgan fingerprint density at radius 1 is 0.887 bits per heavy atom. The highest BCUT2D eigenvalue weighted by Gasteiger charge is 2.69. The third kappa shape index (κ3) is 8.32. The summed E-state index contributed by atoms with van der Waals surface area (Å²) in [6.45, 7) is 9.95. The molecule has 8 aliphatic rings. The van der Waals surface area contributed by atoms with Gasteiger partial charge in [0.25, 0.3) is 0 Å². The number of rotatable bonds is 11. The molecular weight excluding hydrogens is 812 g/mol. The lowest BCUT2D eigenvalue weighted by atomic mass is 9.47. The first kappa shape index (κ1) is 46.7. The van der Waals surface area contributed by atoms with Crippen LogP contribution in [-0.2, 0) is 42.7 Å². The molecule has 0 bridgehead atoms. The largest absolute Gasteiger partial charge is 0.481 e. The molecule has 0 radical (unpaired) electrons. The number of hydrogen-bond acceptors (Lipinski definition) is 16. The van der Waals surface area contributed by atoms with Gasteiger partial charge in [0.05, 0.1) is 56.6 Å². The van der Waals surface area contributed by atoms with Gasteiger partial charge in [0.15, 0.2) is 18.4 Å². The molecule has 1 spiro atoms. The summed E-state index contributed by atoms with van der Waals surface area (Å²) < 4.78 is 43.2. The van der Waals surface area contributed by atoms with Crippen molar-refractivity contribution in [3.8, 4) is 0 Å². The summed E-state index contributed by atoms with van der Waals surface area (Å²) in [6.07, 6.45) is -4.66. The fraction of sp³-hybridized carbons (Fsp3) is 0.911. The summed E-state index contributed by atoms with van der Waals surface area (Å²) in [5.74, 6) is -0.514. The highest BCUT2D eigenvalue weighted by Crippen LogP contribution is 2.70. The first-order chi connectivity index (χ1) is 29.2. The number of carbonyl (C=O) groups is 2. The predicted octanol–water partition coefficient (Wildman–Crippen LogP) is 1.53. The molecular formula is C45H70O17. The zero-order chi connectivity index (χ0) is 44.7. The van der Waals surface area contributed by atoms with E-state index in [-0.39, 0.29) is 41.5 Å². The Labute approximate surface area is 363 Å². The van der Waals surface area contributed by atoms with Crippen LogP contribution in [-0.4, -0.2) is 158 Å². The minimum absolute atomic E-state index is 0.0182. The Hall–Kier alpha value is -1.84. The Bertz CT molecular complexity index is 1670. The third-order valence-electron chi connectivity index (χ3n) is 17.0. The molecule has 352 valence electrons. The number of carboxylic acid groups (broad SMARTS) is 1. The van der Waals surface area contributed by atoms with Gasteiger partial charge in [0.2, 0.25) is 0 Å². The first-order valence-electron chi connectivity index (χ1n) is 22.9. The van der Waals surface area contributed by atoms with Gasteiger partial charge in [-0.1, -0.05) is 32.4 Å². The van der Waals surface area contributed by atoms with Crippen LogP contribution in [0.2, 0.25) is 0 Å². The standard InChI is InChI=1S/C45H70O17/c1-21-33-29(62-45(21)13-8-23(20-57-45)19-56-32(49)17-42(3,55)16-31(47)48)15-28-26-7-6-24-14-25(9-11-43(24,4)27(26)10-12-44(28,33)5)59-41-39(37(53)35(51)30(18-46)60-41)61-40-38(54)36(52)34(50)22(2)58-40/h6,21-23,25-30,33-41,46,50-55H,7-20H2,1-5H3,(H,47,48). The van der Waals surface area contributed by atoms with Crippen molar-refractivity contribution in [1.82, 2.24) is 0 Å². The maximum Gasteiger partial charge on any atom is 0.308 e. The normalized spacial score (nSPS) is 51.0. The summed E-state index contributed by atoms with van der Waals surface area (Å²) in [4.78, 5) is 23.4. The number of carbonyl (C=O) groups excluding carboxylic acids is 1. The Morgan fingerprint density at radius 2 is 1.65 bits per heavy atom. The van der Waals surface area contributed by atoms with E-state index < -0.39 is 104 Å². The fourth-order valence-corrected chi connectivity index (χ4v) is 13.6. The van der Waals surface area contributed by atoms with Gasteiger partial charge in [-0.05, 0) is 99.7 Å². The van der Waals surface area contributed by atoms with Crippen LogP contribution in [0.25, 0.3) is 0 Å². The van der Waals surface area contributed by atoms with Crippen molar-refractivity contribution >= 4 is 11.9 Å². The summed E-state index contributed by atoms with van der Waals surface area (Å²) in [5, 5.41) is 82.4. The van der Waals surface area contributed by atoms with E-state index in [4.69, 9.17) is 38.3 Å². The van der Waals surface area contributed by atoms with Gasteiger partial charge >= 0.3 is 11.9 Å². The predicted molar refractivity (Wildman–Crippen MR) is 214 cm³/mol. The average Bonchev–Trinajstić information content (AvgIpc) is 3.66. The number of aliphatic hydroxyl groups excluding tert-OH is 6. The van der Waals surface area contributed by atoms with Crippen molar-refractivity contribution in [2.75, 3.05) is 19.8 Å². The number of carboxylic acids is 1. The maximum absolute atomic E-state index is 12.4. The van der Waals surface area contributed by atoms with Gasteiger partial charge in [0, 0.05) is 18.3 Å². The van der Waals surface area contributed by atoms with Gasteiger partial charge < -0.3 is 74.0 Å². The molecule has 17 heteroatoms. The van der Waals surface area contributed by atoms with E-state index in [0.717, 1.165) is 38.5 Å². The van der Waals surface area contributed by atoms with Crippen molar-refractivity contribution in [1.29, 1.82) is 0 Å². The highest BCUT2D eigenvalue weighted by atomic mass is 16.8. The Kier molecular flexibility index (Phi) is 13.1. The number of hydrogen-bond donors (Lipinski definition) is 8. The van der Waals surface area contributed by atoms with E-state index in [9.17, 15) is 45.3 Å². The van der Waals surface area contributed by atoms with Gasteiger partial charge in [-0.25, -0.2) is 0 Å². The zero-order valence-electron chi connectivity index (χ0n) is 36.6. The quantitative estimate of drug-likeness (QED) is 0.108. The average molecular weight is 883 g/mol. The molecule has 22 atom stereocenters. The second kappa shape index (κ2) is 17.4. The lowest BCUT2D eigenvalue weighted by molar-refractivity contribution is -0.369. The van der Waals surface area contributed by atoms with Crippen LogP contribution in [0, 0.1) is 46.3 Å². The van der Waals surface area contributed by atoms with Crippen LogP contribution >= 0.6 is 0 Å². The van der Waals surface area contributed by atoms with Crippen LogP contribution in [0.1, 0.15) is 105 Å². The lowest BCUT2D eigenvalue weighted by Crippen LogP contribution is -2.64. The van der Waals surface area contributed by atoms with Crippen LogP contribution in [0.5, 0.6) is 0 Å². The van der Waals surface area contributed by atoms with Gasteiger partial charge in [0.1, 0.15) is 42.7 Å². The molecule has 4 heterocycles. The van der Waals surface area contributed by atoms with Crippen LogP contribution in [0.3, 0.4) is 0 Å². The maximum atomic E-state index is 12.4. The fourth-order valence-electron chi connectivity index (χ4n) is 13.6. The molecule has 3 saturated carbocycles. The number of aliphatic hydroxyl groups is 7. The number of esters is 1. The number of allylic oxidation sites excluding steroid dienone is 1. The Morgan fingerprint density at radius 3 is 2.34 bits per heavy atom. The SMILES string of the molecule is CC1OC(OC2C(OC3CCC4(C)C(=CCC5C4CCC4(C)C5CC5OC6(CCC(COC(=O)CC(C)(O)CC(=O)O)CO6)C(C)C54)C3)OC(CO)C(O)C2O)C(O)C(O)C1O. The molecule has 0 amide bonds. The lowest BCUT2D eigenvalue weighted by Gasteiger charge is -2.58. The molecule has 7 fully saturated rings. The number of ether oxygens (including phenoxy) is 7. The van der Waals surface area contributed by atoms with E-state index in [0.29, 0.717) is 49.5 Å². The van der Waals surface area contributed by atoms with Crippen LogP contribution < -0.4 is 0 Å². The topological polar surface area (TPSA) is 261 Å². The number of fused-ring (bicyclic) bond motifs is 7. The van der Waals surface area contributed by atoms with Crippen LogP contribution in [0.15, 0.2) is 11.6 Å². The van der Waals surface area contributed by atoms with Crippen molar-refractivity contribution in [2.45, 2.75) is 190 Å². The second-order valence-corrected chi connectivity index (χ2v) is 21.0. The molecule has 0 aromatic heterocycles. The van der Waals surface area contributed by atoms with Crippen molar-refractivity contribution in [2.24, 2.45) is 46.3 Å². The zero-order valence-corrected chi connectivity index (χ0v) is 36.6. The van der Waals surface area contributed by atoms with E-state index in [2.05, 4.69) is 26.8 Å². The van der Waals surface area contributed by atoms with Crippen molar-refractivity contribution < 1.29 is 83.6 Å². The molecule has 0 aromatic rings. The number of aliphatic carboxylic acids is 1. The highest BCUT2D eigenvalue weighted by molar-refractivity contribution is 5.73. The third-order valence-corrected chi connectivity index (χ3v) is 17.0. The van der Waals surface area contributed by atoms with E-state index >= 15 is 0 Å². The molecule has 8 N–H and O–H groups in total. The second-order valence-electron chi connectivity index (χ2n) is 21.0. The molecule has 4 saturated heterocycles. The molecule has 62 heavy (non-hydrogen) atoms. The molecule has 8 rings (SSSR count). The molecule has 0 aromatic carbocycles. The van der Waals surface area contributed by atoms with E-state index in [1.807, 2.05) is 0 Å². The van der Waals surface area contributed by atoms with Crippen molar-refractivity contribution in [3.63, 3.8) is 0 Å². The van der Waals surface area contributed by atoms with Gasteiger partial charge in [-0.3, -0.25) is 9.59 Å². The summed E-state index contributed by atoms with van der Waals surface area (Å²) in [5.41, 5.74) is -0.286.